The van der Waals surface area contributed by atoms with Gasteiger partial charge in [0.05, 0.1) is 9.79 Å². The molecule has 4 N–H and O–H groups in total. The first-order valence-electron chi connectivity index (χ1n) is 7.25. The number of unbranched alkanes of at least 4 members (excludes halogenated alkanes) is 2. The second-order valence-corrected chi connectivity index (χ2v) is 6.86. The van der Waals surface area contributed by atoms with E-state index in [4.69, 9.17) is 11.5 Å². The Morgan fingerprint density at radius 1 is 0.708 bits per heavy atom. The van der Waals surface area contributed by atoms with E-state index in [0.717, 1.165) is 12.6 Å². The Balaban J connectivity index is 0.000000351. The summed E-state index contributed by atoms with van der Waals surface area (Å²) in [5.74, 6) is 0. The Kier molecular flexibility index (Phi) is 7.64. The standard InChI is InChI=1S/C12H12N2O2S.C5H8O2/c13-9-1-5-11(6-2-9)17(15,16)12-7-3-10(14)4-8-12;6-4-2-1-3-5-7/h1-8H,13-14H2;4-5H,1-3H2. The molecule has 0 aliphatic rings. The molecule has 0 radical (unpaired) electrons. The van der Waals surface area contributed by atoms with Gasteiger partial charge in [-0.25, -0.2) is 8.42 Å². The van der Waals surface area contributed by atoms with Crippen LogP contribution in [0.3, 0.4) is 0 Å². The molecule has 6 nitrogen and oxygen atoms in total. The van der Waals surface area contributed by atoms with E-state index in [9.17, 15) is 18.0 Å². The van der Waals surface area contributed by atoms with Gasteiger partial charge in [-0.3, -0.25) is 0 Å². The van der Waals surface area contributed by atoms with Crippen molar-refractivity contribution in [1.82, 2.24) is 0 Å². The predicted molar refractivity (Wildman–Crippen MR) is 93.1 cm³/mol. The van der Waals surface area contributed by atoms with E-state index in [2.05, 4.69) is 0 Å². The molecule has 0 heterocycles. The lowest BCUT2D eigenvalue weighted by Crippen LogP contribution is -2.02. The summed E-state index contributed by atoms with van der Waals surface area (Å²) in [6, 6.07) is 12.2. The van der Waals surface area contributed by atoms with Crippen LogP contribution in [0.15, 0.2) is 58.3 Å². The molecule has 2 rings (SSSR count). The minimum atomic E-state index is -3.48. The van der Waals surface area contributed by atoms with Crippen LogP contribution in [0.25, 0.3) is 0 Å². The summed E-state index contributed by atoms with van der Waals surface area (Å²) in [4.78, 5) is 19.6. The van der Waals surface area contributed by atoms with Crippen molar-refractivity contribution in [3.05, 3.63) is 48.5 Å². The van der Waals surface area contributed by atoms with Crippen LogP contribution in [0.1, 0.15) is 19.3 Å². The van der Waals surface area contributed by atoms with Gasteiger partial charge < -0.3 is 21.1 Å². The normalized spacial score (nSPS) is 10.3. The molecule has 0 aliphatic carbocycles. The molecule has 0 saturated carbocycles. The lowest BCUT2D eigenvalue weighted by atomic mass is 10.3. The van der Waals surface area contributed by atoms with E-state index in [-0.39, 0.29) is 9.79 Å². The summed E-state index contributed by atoms with van der Waals surface area (Å²) in [5.41, 5.74) is 12.1. The van der Waals surface area contributed by atoms with Crippen LogP contribution in [0.4, 0.5) is 11.4 Å². The molecule has 0 unspecified atom stereocenters. The lowest BCUT2D eigenvalue weighted by molar-refractivity contribution is -0.108. The van der Waals surface area contributed by atoms with Crippen molar-refractivity contribution in [2.24, 2.45) is 0 Å². The number of anilines is 2. The quantitative estimate of drug-likeness (QED) is 0.469. The second-order valence-electron chi connectivity index (χ2n) is 4.91. The third-order valence-corrected chi connectivity index (χ3v) is 4.81. The Morgan fingerprint density at radius 3 is 1.33 bits per heavy atom. The van der Waals surface area contributed by atoms with Crippen molar-refractivity contribution in [3.8, 4) is 0 Å². The van der Waals surface area contributed by atoms with Gasteiger partial charge >= 0.3 is 0 Å². The average molecular weight is 348 g/mol. The minimum Gasteiger partial charge on any atom is -0.399 e. The molecule has 0 bridgehead atoms. The van der Waals surface area contributed by atoms with Gasteiger partial charge in [-0.2, -0.15) is 0 Å². The zero-order chi connectivity index (χ0) is 18.0. The number of carbonyl (C=O) groups excluding carboxylic acids is 2. The first-order chi connectivity index (χ1) is 11.4. The van der Waals surface area contributed by atoms with Crippen molar-refractivity contribution >= 4 is 33.8 Å². The van der Waals surface area contributed by atoms with Gasteiger partial charge in [0, 0.05) is 24.2 Å². The number of rotatable bonds is 6. The van der Waals surface area contributed by atoms with Crippen LogP contribution in [-0.4, -0.2) is 21.0 Å². The summed E-state index contributed by atoms with van der Waals surface area (Å²) >= 11 is 0. The number of carbonyl (C=O) groups is 2. The highest BCUT2D eigenvalue weighted by molar-refractivity contribution is 7.91. The fourth-order valence-electron chi connectivity index (χ4n) is 1.71. The number of nitrogen functional groups attached to an aromatic ring is 2. The van der Waals surface area contributed by atoms with E-state index in [1.54, 1.807) is 24.3 Å². The first kappa shape index (κ1) is 19.4. The van der Waals surface area contributed by atoms with E-state index >= 15 is 0 Å². The van der Waals surface area contributed by atoms with Crippen molar-refractivity contribution < 1.29 is 18.0 Å². The molecule has 7 heteroatoms. The summed E-state index contributed by atoms with van der Waals surface area (Å²) in [5, 5.41) is 0. The van der Waals surface area contributed by atoms with E-state index < -0.39 is 9.84 Å². The molecule has 2 aromatic carbocycles. The summed E-state index contributed by atoms with van der Waals surface area (Å²) in [7, 11) is -3.48. The molecule has 0 fully saturated rings. The third-order valence-electron chi connectivity index (χ3n) is 3.02. The Bertz CT molecular complexity index is 695. The Labute approximate surface area is 141 Å². The van der Waals surface area contributed by atoms with Crippen LogP contribution < -0.4 is 11.5 Å². The maximum atomic E-state index is 12.2. The number of benzene rings is 2. The topological polar surface area (TPSA) is 120 Å². The Morgan fingerprint density at radius 2 is 1.04 bits per heavy atom. The molecule has 0 amide bonds. The van der Waals surface area contributed by atoms with Crippen molar-refractivity contribution in [3.63, 3.8) is 0 Å². The summed E-state index contributed by atoms with van der Waals surface area (Å²) < 4.78 is 24.3. The number of hydrogen-bond donors (Lipinski definition) is 2. The highest BCUT2D eigenvalue weighted by Crippen LogP contribution is 2.22. The fraction of sp³-hybridized carbons (Fsp3) is 0.176. The molecular formula is C17H20N2O4S. The first-order valence-corrected chi connectivity index (χ1v) is 8.73. The molecule has 128 valence electrons. The van der Waals surface area contributed by atoms with Gasteiger partial charge in [0.15, 0.2) is 0 Å². The van der Waals surface area contributed by atoms with Gasteiger partial charge in [0.1, 0.15) is 12.6 Å². The van der Waals surface area contributed by atoms with Gasteiger partial charge in [0.2, 0.25) is 9.84 Å². The second kappa shape index (κ2) is 9.46. The number of hydrogen-bond acceptors (Lipinski definition) is 6. The van der Waals surface area contributed by atoms with Crippen molar-refractivity contribution in [2.75, 3.05) is 11.5 Å². The minimum absolute atomic E-state index is 0.219. The summed E-state index contributed by atoms with van der Waals surface area (Å²) in [6.07, 6.45) is 3.37. The Hall–Kier alpha value is -2.67. The molecule has 2 aromatic rings. The number of nitrogens with two attached hydrogens (primary N) is 2. The van der Waals surface area contributed by atoms with Crippen molar-refractivity contribution in [2.45, 2.75) is 29.1 Å². The van der Waals surface area contributed by atoms with Crippen LogP contribution in [0.2, 0.25) is 0 Å². The zero-order valence-corrected chi connectivity index (χ0v) is 13.9. The molecule has 0 atom stereocenters. The van der Waals surface area contributed by atoms with Gasteiger partial charge in [-0.05, 0) is 55.0 Å². The van der Waals surface area contributed by atoms with Gasteiger partial charge in [-0.15, -0.1) is 0 Å². The largest absolute Gasteiger partial charge is 0.399 e. The molecule has 0 aromatic heterocycles. The fourth-order valence-corrected chi connectivity index (χ4v) is 2.98. The third kappa shape index (κ3) is 5.85. The lowest BCUT2D eigenvalue weighted by Gasteiger charge is -2.05. The number of aldehydes is 2. The van der Waals surface area contributed by atoms with Gasteiger partial charge in [0.25, 0.3) is 0 Å². The van der Waals surface area contributed by atoms with Crippen LogP contribution >= 0.6 is 0 Å². The van der Waals surface area contributed by atoms with Crippen molar-refractivity contribution in [1.29, 1.82) is 0 Å². The molecule has 24 heavy (non-hydrogen) atoms. The predicted octanol–water partition coefficient (Wildman–Crippen LogP) is 2.24. The average Bonchev–Trinajstić information content (AvgIpc) is 2.57. The van der Waals surface area contributed by atoms with Crippen LogP contribution in [0.5, 0.6) is 0 Å². The van der Waals surface area contributed by atoms with E-state index in [1.165, 1.54) is 24.3 Å². The monoisotopic (exact) mass is 348 g/mol. The SMILES string of the molecule is Nc1ccc(S(=O)(=O)c2ccc(N)cc2)cc1.O=CCCCC=O. The maximum absolute atomic E-state index is 12.2. The highest BCUT2D eigenvalue weighted by Gasteiger charge is 2.16. The molecular weight excluding hydrogens is 328 g/mol. The zero-order valence-electron chi connectivity index (χ0n) is 13.1. The highest BCUT2D eigenvalue weighted by atomic mass is 32.2. The van der Waals surface area contributed by atoms with Crippen LogP contribution in [-0.2, 0) is 19.4 Å². The van der Waals surface area contributed by atoms with E-state index in [0.29, 0.717) is 30.6 Å². The summed E-state index contributed by atoms with van der Waals surface area (Å²) in [6.45, 7) is 0. The van der Waals surface area contributed by atoms with Gasteiger partial charge in [-0.1, -0.05) is 0 Å². The maximum Gasteiger partial charge on any atom is 0.206 e. The smallest absolute Gasteiger partial charge is 0.206 e. The molecule has 0 saturated heterocycles. The molecule has 0 aliphatic heterocycles. The number of sulfone groups is 1. The van der Waals surface area contributed by atoms with E-state index in [1.807, 2.05) is 0 Å². The molecule has 0 spiro atoms. The van der Waals surface area contributed by atoms with Crippen LogP contribution in [0, 0.1) is 0 Å².